The lowest BCUT2D eigenvalue weighted by Crippen LogP contribution is -2.20. The largest absolute Gasteiger partial charge is 0.454 e. The summed E-state index contributed by atoms with van der Waals surface area (Å²) in [5, 5.41) is 8.78. The number of halogens is 4. The minimum atomic E-state index is -4.43. The number of nitrogens with one attached hydrogen (secondary N) is 2. The second-order valence-electron chi connectivity index (χ2n) is 6.54. The molecule has 12 heteroatoms. The van der Waals surface area contributed by atoms with E-state index in [4.69, 9.17) is 9.47 Å². The highest BCUT2D eigenvalue weighted by molar-refractivity contribution is 9.10. The first-order chi connectivity index (χ1) is 15.3. The van der Waals surface area contributed by atoms with Gasteiger partial charge in [0.1, 0.15) is 0 Å². The lowest BCUT2D eigenvalue weighted by molar-refractivity contribution is -0.137. The van der Waals surface area contributed by atoms with Crippen LogP contribution >= 0.6 is 27.3 Å². The zero-order chi connectivity index (χ0) is 22.7. The van der Waals surface area contributed by atoms with Gasteiger partial charge in [-0.1, -0.05) is 6.07 Å². The van der Waals surface area contributed by atoms with Crippen LogP contribution in [0.3, 0.4) is 0 Å². The van der Waals surface area contributed by atoms with Gasteiger partial charge in [-0.2, -0.15) is 18.3 Å². The number of hydrogen-bond donors (Lipinski definition) is 2. The molecule has 166 valence electrons. The molecule has 7 nitrogen and oxygen atoms in total. The Kier molecular flexibility index (Phi) is 6.33. The fourth-order valence-corrected chi connectivity index (χ4v) is 3.91. The molecule has 2 heterocycles. The van der Waals surface area contributed by atoms with Gasteiger partial charge in [0.15, 0.2) is 16.6 Å². The van der Waals surface area contributed by atoms with Crippen LogP contribution < -0.4 is 20.2 Å². The number of alkyl halides is 3. The Morgan fingerprint density at radius 3 is 2.81 bits per heavy atom. The van der Waals surface area contributed by atoms with Crippen LogP contribution in [0.5, 0.6) is 11.5 Å². The third-order valence-electron chi connectivity index (χ3n) is 4.22. The number of ether oxygens (including phenoxy) is 2. The lowest BCUT2D eigenvalue weighted by atomic mass is 10.2. The maximum atomic E-state index is 12.8. The van der Waals surface area contributed by atoms with Crippen molar-refractivity contribution < 1.29 is 27.4 Å². The molecule has 1 aromatic heterocycles. The summed E-state index contributed by atoms with van der Waals surface area (Å²) in [7, 11) is 0. The number of fused-ring (bicyclic) bond motifs is 1. The van der Waals surface area contributed by atoms with Crippen molar-refractivity contribution in [3.63, 3.8) is 0 Å². The van der Waals surface area contributed by atoms with Crippen molar-refractivity contribution >= 4 is 50.2 Å². The molecular formula is C20H14BrF3N4O3S. The summed E-state index contributed by atoms with van der Waals surface area (Å²) in [5.41, 5.74) is 3.06. The zero-order valence-corrected chi connectivity index (χ0v) is 18.5. The maximum absolute atomic E-state index is 12.8. The van der Waals surface area contributed by atoms with Gasteiger partial charge in [0.05, 0.1) is 23.9 Å². The molecule has 4 rings (SSSR count). The van der Waals surface area contributed by atoms with E-state index in [9.17, 15) is 18.0 Å². The van der Waals surface area contributed by atoms with Gasteiger partial charge < -0.3 is 14.8 Å². The number of nitrogens with zero attached hydrogens (tertiary/aromatic N) is 2. The molecule has 2 aromatic carbocycles. The SMILES string of the molecule is O=C(Cc1csc(Nc2cccc(C(F)(F)F)c2)n1)N/N=C\c1cc2c(cc1Br)OCO2. The summed E-state index contributed by atoms with van der Waals surface area (Å²) in [4.78, 5) is 16.4. The zero-order valence-electron chi connectivity index (χ0n) is 16.1. The van der Waals surface area contributed by atoms with E-state index in [1.54, 1.807) is 17.5 Å². The minimum absolute atomic E-state index is 0.0413. The van der Waals surface area contributed by atoms with E-state index in [-0.39, 0.29) is 18.9 Å². The molecule has 32 heavy (non-hydrogen) atoms. The molecule has 0 unspecified atom stereocenters. The van der Waals surface area contributed by atoms with Crippen molar-refractivity contribution in [2.45, 2.75) is 12.6 Å². The summed E-state index contributed by atoms with van der Waals surface area (Å²) in [6.45, 7) is 0.150. The highest BCUT2D eigenvalue weighted by Crippen LogP contribution is 2.36. The quantitative estimate of drug-likeness (QED) is 0.345. The van der Waals surface area contributed by atoms with Gasteiger partial charge in [-0.05, 0) is 46.3 Å². The molecule has 0 aliphatic carbocycles. The normalized spacial score (nSPS) is 12.9. The molecule has 0 radical (unpaired) electrons. The third kappa shape index (κ3) is 5.37. The van der Waals surface area contributed by atoms with E-state index in [0.717, 1.165) is 16.6 Å². The van der Waals surface area contributed by atoms with E-state index < -0.39 is 17.6 Å². The average Bonchev–Trinajstić information content (AvgIpc) is 3.36. The van der Waals surface area contributed by atoms with E-state index in [0.29, 0.717) is 27.9 Å². The molecule has 1 aliphatic rings. The molecule has 0 saturated heterocycles. The van der Waals surface area contributed by atoms with Gasteiger partial charge in [0.25, 0.3) is 0 Å². The first-order valence-electron chi connectivity index (χ1n) is 9.08. The van der Waals surface area contributed by atoms with Gasteiger partial charge in [-0.25, -0.2) is 10.4 Å². The van der Waals surface area contributed by atoms with Crippen molar-refractivity contribution in [3.05, 3.63) is 63.1 Å². The molecule has 0 bridgehead atoms. The second kappa shape index (κ2) is 9.17. The van der Waals surface area contributed by atoms with Crippen molar-refractivity contribution in [2.24, 2.45) is 5.10 Å². The van der Waals surface area contributed by atoms with Gasteiger partial charge in [0, 0.05) is 21.1 Å². The van der Waals surface area contributed by atoms with Crippen LogP contribution in [0.1, 0.15) is 16.8 Å². The van der Waals surface area contributed by atoms with E-state index in [1.165, 1.54) is 29.7 Å². The number of carbonyl (C=O) groups excluding carboxylic acids is 1. The number of anilines is 2. The Labute approximate surface area is 192 Å². The van der Waals surface area contributed by atoms with Crippen LogP contribution in [0.2, 0.25) is 0 Å². The molecule has 0 fully saturated rings. The van der Waals surface area contributed by atoms with E-state index >= 15 is 0 Å². The Morgan fingerprint density at radius 1 is 1.25 bits per heavy atom. The Morgan fingerprint density at radius 2 is 2.03 bits per heavy atom. The van der Waals surface area contributed by atoms with Gasteiger partial charge in [-0.3, -0.25) is 4.79 Å². The van der Waals surface area contributed by atoms with Crippen LogP contribution in [0.25, 0.3) is 0 Å². The summed E-state index contributed by atoms with van der Waals surface area (Å²) in [5.74, 6) is 0.814. The fourth-order valence-electron chi connectivity index (χ4n) is 2.75. The summed E-state index contributed by atoms with van der Waals surface area (Å²) in [6, 6.07) is 8.28. The molecule has 1 amide bonds. The number of carbonyl (C=O) groups is 1. The monoisotopic (exact) mass is 526 g/mol. The fraction of sp³-hybridized carbons (Fsp3) is 0.150. The van der Waals surface area contributed by atoms with Crippen LogP contribution in [0.4, 0.5) is 24.0 Å². The first kappa shape index (κ1) is 22.1. The van der Waals surface area contributed by atoms with Crippen molar-refractivity contribution in [1.82, 2.24) is 10.4 Å². The molecular weight excluding hydrogens is 513 g/mol. The third-order valence-corrected chi connectivity index (χ3v) is 5.71. The predicted octanol–water partition coefficient (Wildman–Crippen LogP) is 5.09. The van der Waals surface area contributed by atoms with Gasteiger partial charge in [0.2, 0.25) is 12.7 Å². The topological polar surface area (TPSA) is 84.8 Å². The number of hydrazone groups is 1. The predicted molar refractivity (Wildman–Crippen MR) is 117 cm³/mol. The highest BCUT2D eigenvalue weighted by Gasteiger charge is 2.30. The smallest absolute Gasteiger partial charge is 0.416 e. The van der Waals surface area contributed by atoms with Crippen molar-refractivity contribution in [1.29, 1.82) is 0 Å². The van der Waals surface area contributed by atoms with Crippen LogP contribution in [0.15, 0.2) is 51.4 Å². The lowest BCUT2D eigenvalue weighted by Gasteiger charge is -2.08. The summed E-state index contributed by atoms with van der Waals surface area (Å²) >= 11 is 4.58. The standard InChI is InChI=1S/C20H14BrF3N4O3S/c21-15-7-17-16(30-10-31-17)4-11(15)8-25-28-18(29)6-14-9-32-19(27-14)26-13-3-1-2-12(5-13)20(22,23)24/h1-5,7-9H,6,10H2,(H,26,27)(H,28,29)/b25-8-. The molecule has 3 aromatic rings. The molecule has 0 saturated carbocycles. The Bertz CT molecular complexity index is 1180. The van der Waals surface area contributed by atoms with E-state index in [1.807, 2.05) is 0 Å². The number of aromatic nitrogens is 1. The Hall–Kier alpha value is -3.12. The molecule has 0 atom stereocenters. The number of thiazole rings is 1. The van der Waals surface area contributed by atoms with E-state index in [2.05, 4.69) is 36.8 Å². The van der Waals surface area contributed by atoms with Crippen molar-refractivity contribution in [2.75, 3.05) is 12.1 Å². The summed E-state index contributed by atoms with van der Waals surface area (Å²) in [6.07, 6.45) is -3.01. The van der Waals surface area contributed by atoms with Gasteiger partial charge in [-0.15, -0.1) is 11.3 Å². The first-order valence-corrected chi connectivity index (χ1v) is 10.7. The van der Waals surface area contributed by atoms with Crippen LogP contribution in [0, 0.1) is 0 Å². The van der Waals surface area contributed by atoms with Crippen molar-refractivity contribution in [3.8, 4) is 11.5 Å². The number of rotatable bonds is 6. The number of hydrogen-bond acceptors (Lipinski definition) is 7. The number of amides is 1. The molecule has 0 spiro atoms. The molecule has 1 aliphatic heterocycles. The highest BCUT2D eigenvalue weighted by atomic mass is 79.9. The summed E-state index contributed by atoms with van der Waals surface area (Å²) < 4.78 is 49.8. The van der Waals surface area contributed by atoms with Crippen LogP contribution in [-0.2, 0) is 17.4 Å². The molecule has 2 N–H and O–H groups in total. The maximum Gasteiger partial charge on any atom is 0.416 e. The minimum Gasteiger partial charge on any atom is -0.454 e. The number of benzene rings is 2. The average molecular weight is 527 g/mol. The van der Waals surface area contributed by atoms with Crippen LogP contribution in [-0.4, -0.2) is 23.9 Å². The van der Waals surface area contributed by atoms with Gasteiger partial charge >= 0.3 is 6.18 Å². The Balaban J connectivity index is 1.33. The second-order valence-corrected chi connectivity index (χ2v) is 8.26.